The molecule has 4 nitrogen and oxygen atoms in total. The van der Waals surface area contributed by atoms with Gasteiger partial charge in [0.2, 0.25) is 5.95 Å². The summed E-state index contributed by atoms with van der Waals surface area (Å²) in [6.07, 6.45) is 0. The van der Waals surface area contributed by atoms with E-state index in [2.05, 4.69) is 20.6 Å². The average Bonchev–Trinajstić information content (AvgIpc) is 2.56. The SMILES string of the molecule is Cc1cc(NCc2ccc(F)cc2)nc(Nc2ccc(F)cc2F)n1. The molecule has 2 N–H and O–H groups in total. The molecule has 1 aromatic heterocycles. The second kappa shape index (κ2) is 7.21. The highest BCUT2D eigenvalue weighted by Gasteiger charge is 2.07. The van der Waals surface area contributed by atoms with E-state index in [-0.39, 0.29) is 17.5 Å². The third-order valence-electron chi connectivity index (χ3n) is 3.42. The molecule has 0 saturated carbocycles. The van der Waals surface area contributed by atoms with Crippen molar-refractivity contribution in [1.29, 1.82) is 0 Å². The molecule has 7 heteroatoms. The van der Waals surface area contributed by atoms with E-state index in [1.807, 2.05) is 0 Å². The Hall–Kier alpha value is -3.09. The van der Waals surface area contributed by atoms with E-state index in [0.717, 1.165) is 17.7 Å². The van der Waals surface area contributed by atoms with Gasteiger partial charge < -0.3 is 10.6 Å². The molecule has 0 saturated heterocycles. The van der Waals surface area contributed by atoms with Gasteiger partial charge in [0.25, 0.3) is 0 Å². The van der Waals surface area contributed by atoms with Crippen molar-refractivity contribution < 1.29 is 13.2 Å². The maximum Gasteiger partial charge on any atom is 0.229 e. The minimum atomic E-state index is -0.731. The molecule has 0 aliphatic heterocycles. The van der Waals surface area contributed by atoms with E-state index < -0.39 is 11.6 Å². The predicted octanol–water partition coefficient (Wildman–Crippen LogP) is 4.56. The van der Waals surface area contributed by atoms with Crippen LogP contribution in [0.1, 0.15) is 11.3 Å². The second-order valence-corrected chi connectivity index (χ2v) is 5.45. The largest absolute Gasteiger partial charge is 0.366 e. The van der Waals surface area contributed by atoms with Gasteiger partial charge in [-0.1, -0.05) is 12.1 Å². The van der Waals surface area contributed by atoms with E-state index >= 15 is 0 Å². The van der Waals surface area contributed by atoms with E-state index in [9.17, 15) is 13.2 Å². The number of nitrogens with zero attached hydrogens (tertiary/aromatic N) is 2. The normalized spacial score (nSPS) is 10.6. The van der Waals surface area contributed by atoms with Gasteiger partial charge in [-0.2, -0.15) is 4.98 Å². The van der Waals surface area contributed by atoms with Crippen LogP contribution >= 0.6 is 0 Å². The van der Waals surface area contributed by atoms with Crippen molar-refractivity contribution >= 4 is 17.5 Å². The maximum absolute atomic E-state index is 13.7. The Bertz CT molecular complexity index is 882. The van der Waals surface area contributed by atoms with E-state index in [1.165, 1.54) is 18.2 Å². The summed E-state index contributed by atoms with van der Waals surface area (Å²) in [5.41, 5.74) is 1.63. The molecule has 128 valence electrons. The van der Waals surface area contributed by atoms with Gasteiger partial charge in [0.05, 0.1) is 5.69 Å². The van der Waals surface area contributed by atoms with Crippen LogP contribution in [0.4, 0.5) is 30.6 Å². The minimum Gasteiger partial charge on any atom is -0.366 e. The molecule has 0 amide bonds. The standard InChI is InChI=1S/C18H15F3N4/c1-11-8-17(22-10-12-2-4-13(19)5-3-12)25-18(23-11)24-16-7-6-14(20)9-15(16)21/h2-9H,10H2,1H3,(H2,22,23,24,25). The van der Waals surface area contributed by atoms with Crippen molar-refractivity contribution in [2.45, 2.75) is 13.5 Å². The van der Waals surface area contributed by atoms with E-state index in [1.54, 1.807) is 25.1 Å². The van der Waals surface area contributed by atoms with Crippen LogP contribution in [0.25, 0.3) is 0 Å². The van der Waals surface area contributed by atoms with Gasteiger partial charge in [-0.3, -0.25) is 0 Å². The van der Waals surface area contributed by atoms with Crippen LogP contribution < -0.4 is 10.6 Å². The number of rotatable bonds is 5. The van der Waals surface area contributed by atoms with Gasteiger partial charge in [0, 0.05) is 24.4 Å². The number of hydrogen-bond donors (Lipinski definition) is 2. The molecule has 25 heavy (non-hydrogen) atoms. The molecule has 2 aromatic carbocycles. The number of halogens is 3. The quantitative estimate of drug-likeness (QED) is 0.712. The highest BCUT2D eigenvalue weighted by atomic mass is 19.1. The minimum absolute atomic E-state index is 0.0801. The topological polar surface area (TPSA) is 49.8 Å². The van der Waals surface area contributed by atoms with Crippen molar-refractivity contribution in [3.8, 4) is 0 Å². The molecule has 1 heterocycles. The van der Waals surface area contributed by atoms with Gasteiger partial charge in [-0.15, -0.1) is 0 Å². The smallest absolute Gasteiger partial charge is 0.229 e. The van der Waals surface area contributed by atoms with Crippen LogP contribution in [0.5, 0.6) is 0 Å². The fourth-order valence-corrected chi connectivity index (χ4v) is 2.22. The third kappa shape index (κ3) is 4.47. The maximum atomic E-state index is 13.7. The molecular formula is C18H15F3N4. The first-order valence-corrected chi connectivity index (χ1v) is 7.56. The number of nitrogens with one attached hydrogen (secondary N) is 2. The number of hydrogen-bond acceptors (Lipinski definition) is 4. The summed E-state index contributed by atoms with van der Waals surface area (Å²) >= 11 is 0. The Morgan fingerprint density at radius 1 is 0.880 bits per heavy atom. The zero-order valence-corrected chi connectivity index (χ0v) is 13.4. The lowest BCUT2D eigenvalue weighted by molar-refractivity contribution is 0.586. The van der Waals surface area contributed by atoms with Gasteiger partial charge in [0.1, 0.15) is 23.3 Å². The molecule has 3 aromatic rings. The third-order valence-corrected chi connectivity index (χ3v) is 3.42. The summed E-state index contributed by atoms with van der Waals surface area (Å²) in [6.45, 7) is 2.22. The fourth-order valence-electron chi connectivity index (χ4n) is 2.22. The van der Waals surface area contributed by atoms with E-state index in [4.69, 9.17) is 0 Å². The molecule has 0 aliphatic carbocycles. The molecule has 0 fully saturated rings. The van der Waals surface area contributed by atoms with E-state index in [0.29, 0.717) is 18.1 Å². The molecule has 0 spiro atoms. The Kier molecular flexibility index (Phi) is 4.83. The molecule has 0 radical (unpaired) electrons. The Morgan fingerprint density at radius 2 is 1.60 bits per heavy atom. The van der Waals surface area contributed by atoms with Gasteiger partial charge in [-0.25, -0.2) is 18.2 Å². The molecular weight excluding hydrogens is 329 g/mol. The average molecular weight is 344 g/mol. The van der Waals surface area contributed by atoms with Crippen molar-refractivity contribution in [1.82, 2.24) is 9.97 Å². The van der Waals surface area contributed by atoms with Crippen LogP contribution in [-0.4, -0.2) is 9.97 Å². The van der Waals surface area contributed by atoms with Crippen LogP contribution in [0.3, 0.4) is 0 Å². The summed E-state index contributed by atoms with van der Waals surface area (Å²) in [5, 5.41) is 5.84. The highest BCUT2D eigenvalue weighted by Crippen LogP contribution is 2.20. The molecule has 0 unspecified atom stereocenters. The summed E-state index contributed by atoms with van der Waals surface area (Å²) in [7, 11) is 0. The first kappa shape index (κ1) is 16.8. The summed E-state index contributed by atoms with van der Waals surface area (Å²) in [6, 6.07) is 11.0. The Morgan fingerprint density at radius 3 is 2.32 bits per heavy atom. The number of aryl methyl sites for hydroxylation is 1. The van der Waals surface area contributed by atoms with Crippen LogP contribution in [-0.2, 0) is 6.54 Å². The molecule has 3 rings (SSSR count). The first-order chi connectivity index (χ1) is 12.0. The number of aromatic nitrogens is 2. The lowest BCUT2D eigenvalue weighted by Gasteiger charge is -2.10. The van der Waals surface area contributed by atoms with Crippen molar-refractivity contribution in [2.75, 3.05) is 10.6 Å². The lowest BCUT2D eigenvalue weighted by atomic mass is 10.2. The number of benzene rings is 2. The fraction of sp³-hybridized carbons (Fsp3) is 0.111. The lowest BCUT2D eigenvalue weighted by Crippen LogP contribution is -2.06. The van der Waals surface area contributed by atoms with Crippen molar-refractivity contribution in [2.24, 2.45) is 0 Å². The van der Waals surface area contributed by atoms with Gasteiger partial charge in [0.15, 0.2) is 0 Å². The Labute approximate surface area is 142 Å². The van der Waals surface area contributed by atoms with Crippen molar-refractivity contribution in [3.05, 3.63) is 77.2 Å². The first-order valence-electron chi connectivity index (χ1n) is 7.56. The van der Waals surface area contributed by atoms with Crippen molar-refractivity contribution in [3.63, 3.8) is 0 Å². The number of anilines is 3. The van der Waals surface area contributed by atoms with Crippen LogP contribution in [0.15, 0.2) is 48.5 Å². The van der Waals surface area contributed by atoms with Crippen LogP contribution in [0, 0.1) is 24.4 Å². The van der Waals surface area contributed by atoms with Gasteiger partial charge >= 0.3 is 0 Å². The monoisotopic (exact) mass is 344 g/mol. The predicted molar refractivity (Wildman–Crippen MR) is 90.1 cm³/mol. The van der Waals surface area contributed by atoms with Crippen LogP contribution in [0.2, 0.25) is 0 Å². The zero-order valence-electron chi connectivity index (χ0n) is 13.4. The second-order valence-electron chi connectivity index (χ2n) is 5.45. The molecule has 0 aliphatic rings. The molecule has 0 bridgehead atoms. The summed E-state index contributed by atoms with van der Waals surface area (Å²) < 4.78 is 39.6. The Balaban J connectivity index is 1.74. The zero-order chi connectivity index (χ0) is 17.8. The summed E-state index contributed by atoms with van der Waals surface area (Å²) in [4.78, 5) is 8.44. The summed E-state index contributed by atoms with van der Waals surface area (Å²) in [5.74, 6) is -0.968. The highest BCUT2D eigenvalue weighted by molar-refractivity contribution is 5.56. The van der Waals surface area contributed by atoms with Gasteiger partial charge in [-0.05, 0) is 36.8 Å². The molecule has 0 atom stereocenters.